The number of hydrogen-bond acceptors (Lipinski definition) is 2. The molecule has 0 unspecified atom stereocenters. The van der Waals surface area contributed by atoms with Crippen LogP contribution >= 0.6 is 15.9 Å². The Morgan fingerprint density at radius 2 is 2.24 bits per heavy atom. The number of benzene rings is 1. The van der Waals surface area contributed by atoms with Crippen LogP contribution in [0.25, 0.3) is 10.9 Å². The number of carbonyl (C=O) groups excluding carboxylic acids is 1. The van der Waals surface area contributed by atoms with Crippen LogP contribution in [0.2, 0.25) is 0 Å². The van der Waals surface area contributed by atoms with Gasteiger partial charge in [0.25, 0.3) is 0 Å². The van der Waals surface area contributed by atoms with E-state index >= 15 is 0 Å². The molecule has 3 nitrogen and oxygen atoms in total. The lowest BCUT2D eigenvalue weighted by molar-refractivity contribution is -0.143. The Morgan fingerprint density at radius 1 is 1.38 bits per heavy atom. The SMILES string of the molecule is CCOC(=O)CCCn1c2c(c3c(Br)cccc31)CCC2. The van der Waals surface area contributed by atoms with Crippen LogP contribution in [0.3, 0.4) is 0 Å². The predicted octanol–water partition coefficient (Wildman–Crippen LogP) is 4.24. The summed E-state index contributed by atoms with van der Waals surface area (Å²) in [5.41, 5.74) is 4.24. The van der Waals surface area contributed by atoms with Crippen LogP contribution in [0, 0.1) is 0 Å². The first-order valence-corrected chi connectivity index (χ1v) is 8.45. The number of hydrogen-bond donors (Lipinski definition) is 0. The average molecular weight is 350 g/mol. The maximum Gasteiger partial charge on any atom is 0.305 e. The maximum atomic E-state index is 11.5. The fraction of sp³-hybridized carbons (Fsp3) is 0.471. The number of esters is 1. The average Bonchev–Trinajstić information content (AvgIpc) is 3.02. The standard InChI is InChI=1S/C17H20BrNO2/c1-2-21-16(20)10-5-11-19-14-8-3-6-12(14)17-13(18)7-4-9-15(17)19/h4,7,9H,2-3,5-6,8,10-11H2,1H3. The topological polar surface area (TPSA) is 31.2 Å². The van der Waals surface area contributed by atoms with Crippen LogP contribution in [-0.4, -0.2) is 17.1 Å². The minimum atomic E-state index is -0.0909. The zero-order valence-corrected chi connectivity index (χ0v) is 13.9. The Hall–Kier alpha value is -1.29. The van der Waals surface area contributed by atoms with E-state index in [4.69, 9.17) is 4.74 Å². The van der Waals surface area contributed by atoms with E-state index in [2.05, 4.69) is 38.7 Å². The molecule has 0 bridgehead atoms. The number of fused-ring (bicyclic) bond motifs is 3. The summed E-state index contributed by atoms with van der Waals surface area (Å²) in [6, 6.07) is 6.39. The summed E-state index contributed by atoms with van der Waals surface area (Å²) in [6.07, 6.45) is 4.88. The molecular weight excluding hydrogens is 330 g/mol. The molecule has 1 heterocycles. The van der Waals surface area contributed by atoms with Gasteiger partial charge in [0.05, 0.1) is 6.61 Å². The minimum Gasteiger partial charge on any atom is -0.466 e. The lowest BCUT2D eigenvalue weighted by Crippen LogP contribution is -2.07. The molecule has 3 rings (SSSR count). The third kappa shape index (κ3) is 2.73. The smallest absolute Gasteiger partial charge is 0.305 e. The van der Waals surface area contributed by atoms with Crippen LogP contribution in [0.5, 0.6) is 0 Å². The highest BCUT2D eigenvalue weighted by Crippen LogP contribution is 2.37. The van der Waals surface area contributed by atoms with E-state index in [1.807, 2.05) is 6.92 Å². The molecule has 1 aliphatic rings. The van der Waals surface area contributed by atoms with Gasteiger partial charge in [0.15, 0.2) is 0 Å². The molecule has 0 N–H and O–H groups in total. The second kappa shape index (κ2) is 6.22. The van der Waals surface area contributed by atoms with Crippen molar-refractivity contribution in [3.63, 3.8) is 0 Å². The quantitative estimate of drug-likeness (QED) is 0.756. The molecule has 21 heavy (non-hydrogen) atoms. The summed E-state index contributed by atoms with van der Waals surface area (Å²) in [4.78, 5) is 11.5. The van der Waals surface area contributed by atoms with Crippen LogP contribution in [-0.2, 0) is 28.9 Å². The number of aryl methyl sites for hydroxylation is 2. The molecular formula is C17H20BrNO2. The third-order valence-corrected chi connectivity index (χ3v) is 4.83. The molecule has 1 aliphatic carbocycles. The Morgan fingerprint density at radius 3 is 3.05 bits per heavy atom. The molecule has 1 aromatic carbocycles. The fourth-order valence-electron chi connectivity index (χ4n) is 3.35. The van der Waals surface area contributed by atoms with Crippen LogP contribution in [0.15, 0.2) is 22.7 Å². The van der Waals surface area contributed by atoms with E-state index in [0.717, 1.165) is 19.4 Å². The minimum absolute atomic E-state index is 0.0909. The van der Waals surface area contributed by atoms with Crippen LogP contribution in [0.1, 0.15) is 37.4 Å². The molecule has 0 amide bonds. The summed E-state index contributed by atoms with van der Waals surface area (Å²) in [6.45, 7) is 3.20. The van der Waals surface area contributed by atoms with Gasteiger partial charge >= 0.3 is 5.97 Å². The first-order valence-electron chi connectivity index (χ1n) is 7.66. The number of nitrogens with zero attached hydrogens (tertiary/aromatic N) is 1. The lowest BCUT2D eigenvalue weighted by atomic mass is 10.1. The van der Waals surface area contributed by atoms with E-state index in [0.29, 0.717) is 13.0 Å². The highest BCUT2D eigenvalue weighted by atomic mass is 79.9. The van der Waals surface area contributed by atoms with Gasteiger partial charge in [-0.3, -0.25) is 4.79 Å². The Balaban J connectivity index is 1.85. The van der Waals surface area contributed by atoms with Crippen molar-refractivity contribution in [1.82, 2.24) is 4.57 Å². The highest BCUT2D eigenvalue weighted by Gasteiger charge is 2.22. The summed E-state index contributed by atoms with van der Waals surface area (Å²) in [7, 11) is 0. The molecule has 4 heteroatoms. The van der Waals surface area contributed by atoms with Gasteiger partial charge in [-0.1, -0.05) is 22.0 Å². The van der Waals surface area contributed by atoms with Crippen molar-refractivity contribution in [1.29, 1.82) is 0 Å². The molecule has 1 aromatic heterocycles. The van der Waals surface area contributed by atoms with E-state index in [1.54, 1.807) is 0 Å². The van der Waals surface area contributed by atoms with Crippen molar-refractivity contribution in [2.24, 2.45) is 0 Å². The molecule has 0 saturated heterocycles. The van der Waals surface area contributed by atoms with Crippen molar-refractivity contribution >= 4 is 32.8 Å². The first kappa shape index (κ1) is 14.6. The van der Waals surface area contributed by atoms with Crippen LogP contribution in [0.4, 0.5) is 0 Å². The molecule has 0 radical (unpaired) electrons. The molecule has 0 aliphatic heterocycles. The van der Waals surface area contributed by atoms with Gasteiger partial charge in [0.2, 0.25) is 0 Å². The van der Waals surface area contributed by atoms with Gasteiger partial charge in [-0.25, -0.2) is 0 Å². The largest absolute Gasteiger partial charge is 0.466 e. The van der Waals surface area contributed by atoms with Crippen molar-refractivity contribution in [2.45, 2.75) is 45.6 Å². The normalized spacial score (nSPS) is 13.6. The van der Waals surface area contributed by atoms with Crippen LogP contribution < -0.4 is 0 Å². The van der Waals surface area contributed by atoms with Crippen molar-refractivity contribution < 1.29 is 9.53 Å². The third-order valence-electron chi connectivity index (χ3n) is 4.17. The van der Waals surface area contributed by atoms with Crippen molar-refractivity contribution in [3.8, 4) is 0 Å². The molecule has 0 spiro atoms. The number of rotatable bonds is 5. The summed E-state index contributed by atoms with van der Waals surface area (Å²) in [5, 5.41) is 1.36. The zero-order chi connectivity index (χ0) is 14.8. The number of halogens is 1. The zero-order valence-electron chi connectivity index (χ0n) is 12.3. The van der Waals surface area contributed by atoms with Crippen molar-refractivity contribution in [2.75, 3.05) is 6.61 Å². The number of aromatic nitrogens is 1. The monoisotopic (exact) mass is 349 g/mol. The Labute approximate surface area is 133 Å². The second-order valence-corrected chi connectivity index (χ2v) is 6.33. The second-order valence-electron chi connectivity index (χ2n) is 5.47. The van der Waals surface area contributed by atoms with Crippen molar-refractivity contribution in [3.05, 3.63) is 33.9 Å². The first-order chi connectivity index (χ1) is 10.2. The molecule has 0 atom stereocenters. The summed E-state index contributed by atoms with van der Waals surface area (Å²) >= 11 is 3.69. The van der Waals surface area contributed by atoms with Gasteiger partial charge in [0, 0.05) is 34.0 Å². The highest BCUT2D eigenvalue weighted by molar-refractivity contribution is 9.10. The van der Waals surface area contributed by atoms with E-state index < -0.39 is 0 Å². The number of carbonyl (C=O) groups is 1. The van der Waals surface area contributed by atoms with E-state index in [-0.39, 0.29) is 5.97 Å². The number of ether oxygens (including phenoxy) is 1. The van der Waals surface area contributed by atoms with Gasteiger partial charge < -0.3 is 9.30 Å². The lowest BCUT2D eigenvalue weighted by Gasteiger charge is -2.09. The fourth-order valence-corrected chi connectivity index (χ4v) is 3.94. The predicted molar refractivity (Wildman–Crippen MR) is 87.5 cm³/mol. The Kier molecular flexibility index (Phi) is 4.34. The molecule has 0 fully saturated rings. The summed E-state index contributed by atoms with van der Waals surface area (Å²) < 4.78 is 8.59. The maximum absolute atomic E-state index is 11.5. The molecule has 112 valence electrons. The van der Waals surface area contributed by atoms with E-state index in [1.165, 1.54) is 39.5 Å². The molecule has 0 saturated carbocycles. The Bertz CT molecular complexity index is 675. The van der Waals surface area contributed by atoms with E-state index in [9.17, 15) is 4.79 Å². The molecule has 2 aromatic rings. The van der Waals surface area contributed by atoms with Gasteiger partial charge in [-0.05, 0) is 50.3 Å². The van der Waals surface area contributed by atoms with Gasteiger partial charge in [-0.2, -0.15) is 0 Å². The van der Waals surface area contributed by atoms with Gasteiger partial charge in [0.1, 0.15) is 0 Å². The van der Waals surface area contributed by atoms with Gasteiger partial charge in [-0.15, -0.1) is 0 Å². The summed E-state index contributed by atoms with van der Waals surface area (Å²) in [5.74, 6) is -0.0909.